The predicted octanol–water partition coefficient (Wildman–Crippen LogP) is 6.17. The number of amides is 1. The van der Waals surface area contributed by atoms with Gasteiger partial charge in [-0.25, -0.2) is 4.98 Å². The first-order valence-corrected chi connectivity index (χ1v) is 12.9. The molecule has 184 valence electrons. The molecule has 1 saturated heterocycles. The number of fused-ring (bicyclic) bond motifs is 1. The first-order valence-electron chi connectivity index (χ1n) is 12.5. The maximum absolute atomic E-state index is 13.1. The molecule has 5 aromatic rings. The van der Waals surface area contributed by atoms with E-state index in [0.29, 0.717) is 31.2 Å². The van der Waals surface area contributed by atoms with Gasteiger partial charge in [-0.1, -0.05) is 84.4 Å². The SMILES string of the molecule is O=C1CN(Cc2c(-c3ccc(Cl)cc3)nc3ccc(-c4ccccc4)cn23)CCN1Cc1ccccc1. The van der Waals surface area contributed by atoms with Crippen LogP contribution in [-0.2, 0) is 17.9 Å². The lowest BCUT2D eigenvalue weighted by atomic mass is 10.1. The minimum atomic E-state index is 0.155. The van der Waals surface area contributed by atoms with E-state index in [4.69, 9.17) is 16.6 Å². The monoisotopic (exact) mass is 506 g/mol. The highest BCUT2D eigenvalue weighted by atomic mass is 35.5. The fraction of sp³-hybridized carbons (Fsp3) is 0.161. The highest BCUT2D eigenvalue weighted by Gasteiger charge is 2.26. The Morgan fingerprint density at radius 1 is 0.730 bits per heavy atom. The molecule has 0 spiro atoms. The number of carbonyl (C=O) groups is 1. The van der Waals surface area contributed by atoms with E-state index < -0.39 is 0 Å². The number of imidazole rings is 1. The van der Waals surface area contributed by atoms with Gasteiger partial charge in [-0.3, -0.25) is 9.69 Å². The number of aromatic nitrogens is 2. The second-order valence-electron chi connectivity index (χ2n) is 9.44. The fourth-order valence-electron chi connectivity index (χ4n) is 4.96. The van der Waals surface area contributed by atoms with Gasteiger partial charge in [-0.05, 0) is 41.0 Å². The molecule has 5 nitrogen and oxygen atoms in total. The third-order valence-corrected chi connectivity index (χ3v) is 7.18. The molecular weight excluding hydrogens is 480 g/mol. The highest BCUT2D eigenvalue weighted by molar-refractivity contribution is 6.30. The maximum atomic E-state index is 13.1. The topological polar surface area (TPSA) is 40.9 Å². The van der Waals surface area contributed by atoms with Crippen LogP contribution in [0.2, 0.25) is 5.02 Å². The van der Waals surface area contributed by atoms with Crippen LogP contribution in [0.3, 0.4) is 0 Å². The van der Waals surface area contributed by atoms with Crippen molar-refractivity contribution in [1.29, 1.82) is 0 Å². The Balaban J connectivity index is 1.32. The van der Waals surface area contributed by atoms with Crippen molar-refractivity contribution >= 4 is 23.2 Å². The summed E-state index contributed by atoms with van der Waals surface area (Å²) < 4.78 is 2.17. The van der Waals surface area contributed by atoms with Crippen LogP contribution in [0, 0.1) is 0 Å². The highest BCUT2D eigenvalue weighted by Crippen LogP contribution is 2.29. The van der Waals surface area contributed by atoms with Gasteiger partial charge in [0.2, 0.25) is 5.91 Å². The second kappa shape index (κ2) is 10.2. The van der Waals surface area contributed by atoms with Crippen LogP contribution in [0.25, 0.3) is 28.0 Å². The number of hydrogen-bond donors (Lipinski definition) is 0. The van der Waals surface area contributed by atoms with E-state index in [2.05, 4.69) is 51.9 Å². The molecule has 1 amide bonds. The van der Waals surface area contributed by atoms with E-state index in [-0.39, 0.29) is 5.91 Å². The normalized spacial score (nSPS) is 14.4. The summed E-state index contributed by atoms with van der Waals surface area (Å²) in [5, 5.41) is 0.695. The summed E-state index contributed by atoms with van der Waals surface area (Å²) in [5.41, 5.74) is 7.32. The van der Waals surface area contributed by atoms with E-state index in [1.165, 1.54) is 0 Å². The molecule has 0 bridgehead atoms. The molecule has 1 fully saturated rings. The number of hydrogen-bond acceptors (Lipinski definition) is 3. The van der Waals surface area contributed by atoms with Gasteiger partial charge in [0.25, 0.3) is 0 Å². The lowest BCUT2D eigenvalue weighted by Crippen LogP contribution is -2.49. The zero-order chi connectivity index (χ0) is 25.2. The first-order chi connectivity index (χ1) is 18.1. The van der Waals surface area contributed by atoms with Crippen LogP contribution in [0.15, 0.2) is 103 Å². The Kier molecular flexibility index (Phi) is 6.47. The van der Waals surface area contributed by atoms with E-state index in [1.54, 1.807) is 0 Å². The average molecular weight is 507 g/mol. The summed E-state index contributed by atoms with van der Waals surface area (Å²) >= 11 is 6.17. The van der Waals surface area contributed by atoms with Gasteiger partial charge in [0, 0.05) is 43.0 Å². The molecule has 0 saturated carbocycles. The molecule has 0 unspecified atom stereocenters. The summed E-state index contributed by atoms with van der Waals surface area (Å²) in [6.07, 6.45) is 2.15. The van der Waals surface area contributed by atoms with Crippen molar-refractivity contribution in [2.24, 2.45) is 0 Å². The largest absolute Gasteiger partial charge is 0.336 e. The fourth-order valence-corrected chi connectivity index (χ4v) is 5.09. The lowest BCUT2D eigenvalue weighted by Gasteiger charge is -2.34. The molecule has 37 heavy (non-hydrogen) atoms. The van der Waals surface area contributed by atoms with E-state index in [9.17, 15) is 4.79 Å². The van der Waals surface area contributed by atoms with Crippen molar-refractivity contribution in [3.8, 4) is 22.4 Å². The van der Waals surface area contributed by atoms with Crippen molar-refractivity contribution in [2.75, 3.05) is 19.6 Å². The third kappa shape index (κ3) is 5.01. The number of nitrogens with zero attached hydrogens (tertiary/aromatic N) is 4. The molecule has 0 radical (unpaired) electrons. The Hall–Kier alpha value is -3.93. The summed E-state index contributed by atoms with van der Waals surface area (Å²) in [4.78, 5) is 22.3. The molecule has 1 aliphatic heterocycles. The average Bonchev–Trinajstić information content (AvgIpc) is 3.29. The Labute approximate surface area is 221 Å². The van der Waals surface area contributed by atoms with Crippen LogP contribution in [0.1, 0.15) is 11.3 Å². The van der Waals surface area contributed by atoms with Crippen LogP contribution < -0.4 is 0 Å². The quantitative estimate of drug-likeness (QED) is 0.277. The molecule has 3 aromatic carbocycles. The number of halogens is 1. The Morgan fingerprint density at radius 3 is 2.16 bits per heavy atom. The Morgan fingerprint density at radius 2 is 1.43 bits per heavy atom. The molecule has 6 heteroatoms. The molecule has 0 atom stereocenters. The first kappa shape index (κ1) is 23.5. The summed E-state index contributed by atoms with van der Waals surface area (Å²) in [5.74, 6) is 0.155. The van der Waals surface area contributed by atoms with Crippen molar-refractivity contribution < 1.29 is 4.79 Å². The Bertz CT molecular complexity index is 1530. The van der Waals surface area contributed by atoms with Gasteiger partial charge >= 0.3 is 0 Å². The molecule has 3 heterocycles. The van der Waals surface area contributed by atoms with E-state index in [1.807, 2.05) is 65.6 Å². The number of pyridine rings is 1. The number of carbonyl (C=O) groups excluding carboxylic acids is 1. The number of rotatable bonds is 6. The summed E-state index contributed by atoms with van der Waals surface area (Å²) in [7, 11) is 0. The molecule has 0 aliphatic carbocycles. The van der Waals surface area contributed by atoms with Gasteiger partial charge in [-0.2, -0.15) is 0 Å². The van der Waals surface area contributed by atoms with Crippen LogP contribution >= 0.6 is 11.6 Å². The zero-order valence-electron chi connectivity index (χ0n) is 20.4. The summed E-state index contributed by atoms with van der Waals surface area (Å²) in [6.45, 7) is 3.18. The van der Waals surface area contributed by atoms with Gasteiger partial charge in [0.1, 0.15) is 5.65 Å². The van der Waals surface area contributed by atoms with E-state index >= 15 is 0 Å². The lowest BCUT2D eigenvalue weighted by molar-refractivity contribution is -0.136. The minimum absolute atomic E-state index is 0.155. The van der Waals surface area contributed by atoms with Crippen molar-refractivity contribution in [1.82, 2.24) is 19.2 Å². The predicted molar refractivity (Wildman–Crippen MR) is 148 cm³/mol. The zero-order valence-corrected chi connectivity index (χ0v) is 21.2. The van der Waals surface area contributed by atoms with Gasteiger partial charge in [0.15, 0.2) is 0 Å². The van der Waals surface area contributed by atoms with Gasteiger partial charge < -0.3 is 9.30 Å². The second-order valence-corrected chi connectivity index (χ2v) is 9.87. The minimum Gasteiger partial charge on any atom is -0.336 e. The third-order valence-electron chi connectivity index (χ3n) is 6.93. The van der Waals surface area contributed by atoms with Crippen molar-refractivity contribution in [3.63, 3.8) is 0 Å². The van der Waals surface area contributed by atoms with Crippen molar-refractivity contribution in [3.05, 3.63) is 120 Å². The molecule has 2 aromatic heterocycles. The number of piperazine rings is 1. The molecular formula is C31H27ClN4O. The number of benzene rings is 3. The molecule has 6 rings (SSSR count). The van der Waals surface area contributed by atoms with Crippen LogP contribution in [0.5, 0.6) is 0 Å². The van der Waals surface area contributed by atoms with E-state index in [0.717, 1.165) is 45.8 Å². The molecule has 1 aliphatic rings. The smallest absolute Gasteiger partial charge is 0.237 e. The molecule has 0 N–H and O–H groups in total. The van der Waals surface area contributed by atoms with Gasteiger partial charge in [-0.15, -0.1) is 0 Å². The van der Waals surface area contributed by atoms with Gasteiger partial charge in [0.05, 0.1) is 17.9 Å². The summed E-state index contributed by atoms with van der Waals surface area (Å²) in [6, 6.07) is 32.5. The standard InChI is InChI=1S/C31H27ClN4O/c32-27-14-11-25(12-15-27)31-28(36-20-26(13-16-29(36)33-31)24-9-5-2-6-10-24)21-34-17-18-35(30(37)22-34)19-23-7-3-1-4-8-23/h1-16,20H,17-19,21-22H2. The van der Waals surface area contributed by atoms with Crippen LogP contribution in [0.4, 0.5) is 0 Å². The van der Waals surface area contributed by atoms with Crippen LogP contribution in [-0.4, -0.2) is 44.7 Å². The van der Waals surface area contributed by atoms with Crippen molar-refractivity contribution in [2.45, 2.75) is 13.1 Å². The maximum Gasteiger partial charge on any atom is 0.237 e.